The molecule has 1 aliphatic heterocycles. The molecule has 0 saturated heterocycles. The maximum atomic E-state index is 12.0. The van der Waals surface area contributed by atoms with Crippen molar-refractivity contribution in [3.8, 4) is 0 Å². The molecule has 18 heavy (non-hydrogen) atoms. The fourth-order valence-corrected chi connectivity index (χ4v) is 4.57. The Morgan fingerprint density at radius 1 is 1.44 bits per heavy atom. The van der Waals surface area contributed by atoms with E-state index in [1.54, 1.807) is 24.3 Å². The zero-order valence-corrected chi connectivity index (χ0v) is 11.0. The number of sulfone groups is 1. The van der Waals surface area contributed by atoms with Gasteiger partial charge < -0.3 is 5.11 Å². The van der Waals surface area contributed by atoms with Gasteiger partial charge in [-0.15, -0.1) is 0 Å². The Morgan fingerprint density at radius 2 is 2.11 bits per heavy atom. The van der Waals surface area contributed by atoms with Gasteiger partial charge in [-0.05, 0) is 25.0 Å². The lowest BCUT2D eigenvalue weighted by Crippen LogP contribution is -2.23. The van der Waals surface area contributed by atoms with Crippen molar-refractivity contribution in [2.45, 2.75) is 24.2 Å². The Morgan fingerprint density at radius 3 is 2.72 bits per heavy atom. The summed E-state index contributed by atoms with van der Waals surface area (Å²) in [5, 5.41) is 9.02. The van der Waals surface area contributed by atoms with Crippen LogP contribution in [-0.4, -0.2) is 31.7 Å². The summed E-state index contributed by atoms with van der Waals surface area (Å²) in [4.78, 5) is 12.0. The van der Waals surface area contributed by atoms with Crippen LogP contribution in [0.15, 0.2) is 29.2 Å². The summed E-state index contributed by atoms with van der Waals surface area (Å²) >= 11 is 0. The summed E-state index contributed by atoms with van der Waals surface area (Å²) < 4.78 is 24.0. The fraction of sp³-hybridized carbons (Fsp3) is 0.462. The Hall–Kier alpha value is -1.20. The first-order valence-corrected chi connectivity index (χ1v) is 7.55. The standard InChI is InChI=1S/C13H16O4S/c1-9(15)10(6-7-14)12-8-18(16,17)13-5-3-2-4-11(12)13/h2-5,10,12,14H,6-8H2,1H3. The number of aliphatic hydroxyl groups is 1. The quantitative estimate of drug-likeness (QED) is 0.889. The van der Waals surface area contributed by atoms with Gasteiger partial charge >= 0.3 is 0 Å². The molecule has 2 unspecified atom stereocenters. The van der Waals surface area contributed by atoms with Gasteiger partial charge in [-0.3, -0.25) is 4.79 Å². The number of benzene rings is 1. The number of Topliss-reactive ketones (excluding diaryl/α,β-unsaturated/α-hetero) is 1. The predicted molar refractivity (Wildman–Crippen MR) is 67.1 cm³/mol. The lowest BCUT2D eigenvalue weighted by molar-refractivity contribution is -0.121. The smallest absolute Gasteiger partial charge is 0.179 e. The zero-order chi connectivity index (χ0) is 13.3. The van der Waals surface area contributed by atoms with Crippen molar-refractivity contribution in [1.82, 2.24) is 0 Å². The van der Waals surface area contributed by atoms with E-state index in [9.17, 15) is 13.2 Å². The van der Waals surface area contributed by atoms with E-state index in [-0.39, 0.29) is 24.1 Å². The van der Waals surface area contributed by atoms with E-state index < -0.39 is 15.8 Å². The Kier molecular flexibility index (Phi) is 3.54. The van der Waals surface area contributed by atoms with E-state index in [1.165, 1.54) is 6.92 Å². The molecule has 1 aromatic carbocycles. The number of rotatable bonds is 4. The highest BCUT2D eigenvalue weighted by Crippen LogP contribution is 2.40. The van der Waals surface area contributed by atoms with Crippen LogP contribution in [0, 0.1) is 5.92 Å². The lowest BCUT2D eigenvalue weighted by Gasteiger charge is -2.19. The van der Waals surface area contributed by atoms with Crippen LogP contribution in [0.5, 0.6) is 0 Å². The molecule has 4 nitrogen and oxygen atoms in total. The molecule has 0 radical (unpaired) electrons. The minimum atomic E-state index is -3.29. The largest absolute Gasteiger partial charge is 0.396 e. The first-order chi connectivity index (χ1) is 8.47. The van der Waals surface area contributed by atoms with Crippen molar-refractivity contribution < 1.29 is 18.3 Å². The number of hydrogen-bond acceptors (Lipinski definition) is 4. The summed E-state index contributed by atoms with van der Waals surface area (Å²) in [5.41, 5.74) is 0.714. The molecule has 1 aliphatic rings. The second kappa shape index (κ2) is 4.82. The van der Waals surface area contributed by atoms with Crippen molar-refractivity contribution in [3.63, 3.8) is 0 Å². The van der Waals surface area contributed by atoms with Crippen LogP contribution >= 0.6 is 0 Å². The molecule has 1 aromatic rings. The molecule has 1 N–H and O–H groups in total. The van der Waals surface area contributed by atoms with E-state index in [2.05, 4.69) is 0 Å². The van der Waals surface area contributed by atoms with Crippen LogP contribution in [-0.2, 0) is 14.6 Å². The summed E-state index contributed by atoms with van der Waals surface area (Å²) in [6.45, 7) is 1.34. The molecule has 0 saturated carbocycles. The average molecular weight is 268 g/mol. The molecule has 2 rings (SSSR count). The number of ketones is 1. The van der Waals surface area contributed by atoms with Crippen molar-refractivity contribution in [1.29, 1.82) is 0 Å². The lowest BCUT2D eigenvalue weighted by atomic mass is 9.83. The van der Waals surface area contributed by atoms with Crippen LogP contribution in [0.4, 0.5) is 0 Å². The Balaban J connectivity index is 2.46. The van der Waals surface area contributed by atoms with Crippen LogP contribution < -0.4 is 0 Å². The maximum Gasteiger partial charge on any atom is 0.179 e. The first-order valence-electron chi connectivity index (χ1n) is 5.90. The molecule has 0 fully saturated rings. The van der Waals surface area contributed by atoms with Gasteiger partial charge in [0.15, 0.2) is 9.84 Å². The molecule has 0 bridgehead atoms. The molecule has 5 heteroatoms. The van der Waals surface area contributed by atoms with Crippen molar-refractivity contribution in [2.24, 2.45) is 5.92 Å². The average Bonchev–Trinajstić information content (AvgIpc) is 2.59. The topological polar surface area (TPSA) is 71.4 Å². The van der Waals surface area contributed by atoms with Crippen molar-refractivity contribution in [2.75, 3.05) is 12.4 Å². The Bertz CT molecular complexity index is 562. The van der Waals surface area contributed by atoms with Gasteiger partial charge in [-0.2, -0.15) is 0 Å². The van der Waals surface area contributed by atoms with Crippen molar-refractivity contribution in [3.05, 3.63) is 29.8 Å². The number of fused-ring (bicyclic) bond motifs is 1. The minimum absolute atomic E-state index is 0.0312. The van der Waals surface area contributed by atoms with Gasteiger partial charge in [0.1, 0.15) is 5.78 Å². The summed E-state index contributed by atoms with van der Waals surface area (Å²) in [7, 11) is -3.29. The molecule has 0 spiro atoms. The maximum absolute atomic E-state index is 12.0. The molecule has 98 valence electrons. The highest BCUT2D eigenvalue weighted by atomic mass is 32.2. The van der Waals surface area contributed by atoms with E-state index >= 15 is 0 Å². The van der Waals surface area contributed by atoms with Crippen LogP contribution in [0.1, 0.15) is 24.8 Å². The van der Waals surface area contributed by atoms with Crippen molar-refractivity contribution >= 4 is 15.6 Å². The van der Waals surface area contributed by atoms with E-state index in [0.717, 1.165) is 0 Å². The molecule has 0 amide bonds. The molecule has 0 aromatic heterocycles. The van der Waals surface area contributed by atoms with Crippen LogP contribution in [0.25, 0.3) is 0 Å². The Labute approximate surface area is 107 Å². The fourth-order valence-electron chi connectivity index (χ4n) is 2.65. The number of aliphatic hydroxyl groups excluding tert-OH is 1. The molecule has 1 heterocycles. The first kappa shape index (κ1) is 13.2. The van der Waals surface area contributed by atoms with Gasteiger partial charge in [-0.25, -0.2) is 8.42 Å². The molecular formula is C13H16O4S. The van der Waals surface area contributed by atoms with Crippen LogP contribution in [0.3, 0.4) is 0 Å². The number of carbonyl (C=O) groups is 1. The van der Waals surface area contributed by atoms with E-state index in [4.69, 9.17) is 5.11 Å². The number of hydrogen-bond donors (Lipinski definition) is 1. The summed E-state index contributed by atoms with van der Waals surface area (Å²) in [6, 6.07) is 6.81. The molecule has 2 atom stereocenters. The highest BCUT2D eigenvalue weighted by Gasteiger charge is 2.40. The monoisotopic (exact) mass is 268 g/mol. The molecule has 0 aliphatic carbocycles. The predicted octanol–water partition coefficient (Wildman–Crippen LogP) is 1.15. The van der Waals surface area contributed by atoms with E-state index in [0.29, 0.717) is 16.9 Å². The van der Waals surface area contributed by atoms with Gasteiger partial charge in [0, 0.05) is 18.4 Å². The van der Waals surface area contributed by atoms with Gasteiger partial charge in [0.25, 0.3) is 0 Å². The van der Waals surface area contributed by atoms with Gasteiger partial charge in [0.2, 0.25) is 0 Å². The van der Waals surface area contributed by atoms with Gasteiger partial charge in [-0.1, -0.05) is 18.2 Å². The SMILES string of the molecule is CC(=O)C(CCO)C1CS(=O)(=O)c2ccccc21. The van der Waals surface area contributed by atoms with Crippen LogP contribution in [0.2, 0.25) is 0 Å². The minimum Gasteiger partial charge on any atom is -0.396 e. The second-order valence-corrected chi connectivity index (χ2v) is 6.66. The third kappa shape index (κ3) is 2.20. The third-order valence-electron chi connectivity index (χ3n) is 3.50. The summed E-state index contributed by atoms with van der Waals surface area (Å²) in [5.74, 6) is -0.846. The summed E-state index contributed by atoms with van der Waals surface area (Å²) in [6.07, 6.45) is 0.309. The normalized spacial score (nSPS) is 22.4. The molecular weight excluding hydrogens is 252 g/mol. The highest BCUT2D eigenvalue weighted by molar-refractivity contribution is 7.91. The number of carbonyl (C=O) groups excluding carboxylic acids is 1. The van der Waals surface area contributed by atoms with E-state index in [1.807, 2.05) is 0 Å². The second-order valence-electron chi connectivity index (χ2n) is 4.66. The third-order valence-corrected chi connectivity index (χ3v) is 5.34. The van der Waals surface area contributed by atoms with Gasteiger partial charge in [0.05, 0.1) is 10.6 Å². The zero-order valence-electron chi connectivity index (χ0n) is 10.2.